The van der Waals surface area contributed by atoms with Crippen molar-refractivity contribution in [1.29, 1.82) is 0 Å². The number of ether oxygens (including phenoxy) is 2. The smallest absolute Gasteiger partial charge is 0.244 e. The number of amides is 1. The zero-order valence-electron chi connectivity index (χ0n) is 15.5. The molecule has 0 spiro atoms. The highest BCUT2D eigenvalue weighted by Crippen LogP contribution is 2.22. The van der Waals surface area contributed by atoms with Crippen LogP contribution in [-0.2, 0) is 20.7 Å². The number of carbonyl (C=O) groups excluding carboxylic acids is 1. The first-order valence-electron chi connectivity index (χ1n) is 9.59. The van der Waals surface area contributed by atoms with Gasteiger partial charge in [0.25, 0.3) is 0 Å². The van der Waals surface area contributed by atoms with Gasteiger partial charge in [-0.3, -0.25) is 9.69 Å². The van der Waals surface area contributed by atoms with Crippen LogP contribution in [0.2, 0.25) is 0 Å². The van der Waals surface area contributed by atoms with Crippen LogP contribution < -0.4 is 11.1 Å². The van der Waals surface area contributed by atoms with Gasteiger partial charge in [-0.15, -0.1) is 0 Å². The van der Waals surface area contributed by atoms with Gasteiger partial charge < -0.3 is 25.5 Å². The minimum absolute atomic E-state index is 0.155. The highest BCUT2D eigenvalue weighted by atomic mass is 16.5. The van der Waals surface area contributed by atoms with Crippen LogP contribution in [-0.4, -0.2) is 72.4 Å². The Balaban J connectivity index is 1.40. The summed E-state index contributed by atoms with van der Waals surface area (Å²) in [5, 5.41) is 2.95. The van der Waals surface area contributed by atoms with Gasteiger partial charge in [0.15, 0.2) is 0 Å². The molecule has 0 bridgehead atoms. The van der Waals surface area contributed by atoms with Crippen LogP contribution in [0.25, 0.3) is 11.0 Å². The minimum atomic E-state index is -0.857. The number of imidazole rings is 1. The van der Waals surface area contributed by atoms with Crippen LogP contribution in [0.3, 0.4) is 0 Å². The number of anilines is 1. The summed E-state index contributed by atoms with van der Waals surface area (Å²) in [4.78, 5) is 23.0. The summed E-state index contributed by atoms with van der Waals surface area (Å²) in [6.07, 6.45) is 1.94. The molecule has 1 amide bonds. The first-order chi connectivity index (χ1) is 13.1. The lowest BCUT2D eigenvalue weighted by atomic mass is 9.90. The Bertz CT molecular complexity index is 794. The molecule has 27 heavy (non-hydrogen) atoms. The third kappa shape index (κ3) is 4.30. The zero-order valence-corrected chi connectivity index (χ0v) is 15.5. The average Bonchev–Trinajstić information content (AvgIpc) is 3.10. The van der Waals surface area contributed by atoms with Gasteiger partial charge in [-0.2, -0.15) is 0 Å². The fourth-order valence-electron chi connectivity index (χ4n) is 3.57. The molecule has 0 saturated carbocycles. The number of benzene rings is 1. The Kier molecular flexibility index (Phi) is 5.40. The molecule has 1 aromatic carbocycles. The van der Waals surface area contributed by atoms with Gasteiger partial charge in [0, 0.05) is 45.0 Å². The van der Waals surface area contributed by atoms with Gasteiger partial charge in [-0.1, -0.05) is 0 Å². The molecule has 0 aliphatic carbocycles. The van der Waals surface area contributed by atoms with Crippen molar-refractivity contribution >= 4 is 22.6 Å². The van der Waals surface area contributed by atoms with Crippen molar-refractivity contribution in [1.82, 2.24) is 14.9 Å². The fraction of sp³-hybridized carbons (Fsp3) is 0.579. The molecular weight excluding hydrogens is 346 g/mol. The maximum Gasteiger partial charge on any atom is 0.244 e. The maximum atomic E-state index is 12.6. The molecule has 2 aromatic rings. The molecule has 146 valence electrons. The predicted molar refractivity (Wildman–Crippen MR) is 103 cm³/mol. The molecule has 8 heteroatoms. The molecule has 4 rings (SSSR count). The normalized spacial score (nSPS) is 20.6. The molecule has 1 aromatic heterocycles. The summed E-state index contributed by atoms with van der Waals surface area (Å²) in [6, 6.07) is 5.71. The first kappa shape index (κ1) is 18.4. The zero-order chi connectivity index (χ0) is 18.7. The van der Waals surface area contributed by atoms with Gasteiger partial charge >= 0.3 is 0 Å². The molecule has 0 unspecified atom stereocenters. The summed E-state index contributed by atoms with van der Waals surface area (Å²) in [5.74, 6) is 0.803. The van der Waals surface area contributed by atoms with E-state index in [0.29, 0.717) is 26.1 Å². The molecule has 2 aliphatic heterocycles. The van der Waals surface area contributed by atoms with E-state index in [4.69, 9.17) is 15.2 Å². The second-order valence-electron chi connectivity index (χ2n) is 7.34. The van der Waals surface area contributed by atoms with E-state index in [1.54, 1.807) is 0 Å². The second kappa shape index (κ2) is 7.93. The van der Waals surface area contributed by atoms with Crippen LogP contribution in [0, 0.1) is 0 Å². The molecule has 4 N–H and O–H groups in total. The van der Waals surface area contributed by atoms with Crippen LogP contribution >= 0.6 is 0 Å². The molecule has 8 nitrogen and oxygen atoms in total. The number of aromatic nitrogens is 2. The van der Waals surface area contributed by atoms with Gasteiger partial charge in [0.2, 0.25) is 5.91 Å². The largest absolute Gasteiger partial charge is 0.381 e. The average molecular weight is 373 g/mol. The number of carbonyl (C=O) groups is 1. The highest BCUT2D eigenvalue weighted by molar-refractivity contribution is 5.99. The van der Waals surface area contributed by atoms with Crippen molar-refractivity contribution < 1.29 is 14.3 Å². The number of nitrogens with one attached hydrogen (secondary N) is 2. The van der Waals surface area contributed by atoms with E-state index in [9.17, 15) is 4.79 Å². The monoisotopic (exact) mass is 373 g/mol. The summed E-state index contributed by atoms with van der Waals surface area (Å²) in [7, 11) is 0. The number of hydrogen-bond acceptors (Lipinski definition) is 6. The third-order valence-corrected chi connectivity index (χ3v) is 5.39. The number of nitrogens with two attached hydrogens (primary N) is 1. The van der Waals surface area contributed by atoms with E-state index in [-0.39, 0.29) is 5.91 Å². The number of hydrogen-bond donors (Lipinski definition) is 3. The summed E-state index contributed by atoms with van der Waals surface area (Å²) >= 11 is 0. The van der Waals surface area contributed by atoms with Gasteiger partial charge in [-0.25, -0.2) is 4.98 Å². The van der Waals surface area contributed by atoms with Crippen LogP contribution in [0.15, 0.2) is 18.2 Å². The predicted octanol–water partition coefficient (Wildman–Crippen LogP) is 0.884. The lowest BCUT2D eigenvalue weighted by Gasteiger charge is -2.31. The number of H-pyrrole nitrogens is 1. The lowest BCUT2D eigenvalue weighted by Crippen LogP contribution is -2.54. The Labute approximate surface area is 158 Å². The number of morpholine rings is 1. The molecule has 0 atom stereocenters. The molecule has 0 radical (unpaired) electrons. The molecule has 3 heterocycles. The van der Waals surface area contributed by atoms with Crippen molar-refractivity contribution in [2.75, 3.05) is 51.4 Å². The van der Waals surface area contributed by atoms with Crippen LogP contribution in [0.5, 0.6) is 0 Å². The molecular formula is C19H27N5O3. The van der Waals surface area contributed by atoms with E-state index in [1.807, 2.05) is 18.2 Å². The Hall–Kier alpha value is -2.00. The molecule has 2 fully saturated rings. The minimum Gasteiger partial charge on any atom is -0.381 e. The van der Waals surface area contributed by atoms with Gasteiger partial charge in [0.1, 0.15) is 11.4 Å². The lowest BCUT2D eigenvalue weighted by molar-refractivity contribution is -0.124. The third-order valence-electron chi connectivity index (χ3n) is 5.39. The van der Waals surface area contributed by atoms with Gasteiger partial charge in [-0.05, 0) is 31.0 Å². The summed E-state index contributed by atoms with van der Waals surface area (Å²) in [5.41, 5.74) is 7.94. The van der Waals surface area contributed by atoms with Crippen molar-refractivity contribution in [3.05, 3.63) is 24.0 Å². The topological polar surface area (TPSA) is 106 Å². The highest BCUT2D eigenvalue weighted by Gasteiger charge is 2.35. The van der Waals surface area contributed by atoms with Crippen LogP contribution in [0.4, 0.5) is 5.69 Å². The van der Waals surface area contributed by atoms with Crippen molar-refractivity contribution in [3.8, 4) is 0 Å². The van der Waals surface area contributed by atoms with E-state index in [0.717, 1.165) is 61.8 Å². The van der Waals surface area contributed by atoms with E-state index in [2.05, 4.69) is 20.2 Å². The maximum absolute atomic E-state index is 12.6. The Morgan fingerprint density at radius 2 is 1.96 bits per heavy atom. The SMILES string of the molecule is NC1(C(=O)Nc2ccc3nc(CCN4CCOCC4)[nH]c3c2)CCOCC1. The quantitative estimate of drug-likeness (QED) is 0.719. The number of aromatic amines is 1. The Morgan fingerprint density at radius 1 is 1.22 bits per heavy atom. The van der Waals surface area contributed by atoms with Crippen molar-refractivity contribution in [2.24, 2.45) is 5.73 Å². The number of nitrogens with zero attached hydrogens (tertiary/aromatic N) is 2. The van der Waals surface area contributed by atoms with E-state index < -0.39 is 5.54 Å². The fourth-order valence-corrected chi connectivity index (χ4v) is 3.57. The van der Waals surface area contributed by atoms with E-state index in [1.165, 1.54) is 0 Å². The first-order valence-corrected chi connectivity index (χ1v) is 9.59. The number of rotatable bonds is 5. The van der Waals surface area contributed by atoms with E-state index >= 15 is 0 Å². The van der Waals surface area contributed by atoms with Crippen molar-refractivity contribution in [2.45, 2.75) is 24.8 Å². The number of fused-ring (bicyclic) bond motifs is 1. The summed E-state index contributed by atoms with van der Waals surface area (Å²) < 4.78 is 10.7. The van der Waals surface area contributed by atoms with Gasteiger partial charge in [0.05, 0.1) is 24.2 Å². The summed E-state index contributed by atoms with van der Waals surface area (Å²) in [6.45, 7) is 5.57. The van der Waals surface area contributed by atoms with Crippen LogP contribution in [0.1, 0.15) is 18.7 Å². The molecule has 2 aliphatic rings. The second-order valence-corrected chi connectivity index (χ2v) is 7.34. The standard InChI is InChI=1S/C19H27N5O3/c20-19(4-9-26-10-5-19)18(25)21-14-1-2-15-16(13-14)23-17(22-15)3-6-24-7-11-27-12-8-24/h1-2,13H,3-12,20H2,(H,21,25)(H,22,23). The van der Waals surface area contributed by atoms with Crippen molar-refractivity contribution in [3.63, 3.8) is 0 Å². The Morgan fingerprint density at radius 3 is 2.74 bits per heavy atom. The molecule has 2 saturated heterocycles.